The summed E-state index contributed by atoms with van der Waals surface area (Å²) in [6, 6.07) is 9.92. The molecule has 5 rings (SSSR count). The number of thioether (sulfide) groups is 1. The van der Waals surface area contributed by atoms with Crippen molar-refractivity contribution in [1.82, 2.24) is 9.88 Å². The third-order valence-electron chi connectivity index (χ3n) is 5.63. The van der Waals surface area contributed by atoms with Crippen molar-refractivity contribution in [2.45, 2.75) is 38.1 Å². The number of hydrogen-bond donors (Lipinski definition) is 0. The fourth-order valence-corrected chi connectivity index (χ4v) is 5.65. The Morgan fingerprint density at radius 1 is 1.21 bits per heavy atom. The van der Waals surface area contributed by atoms with Crippen LogP contribution in [0, 0.1) is 10.1 Å². The average Bonchev–Trinajstić information content (AvgIpc) is 3.57. The van der Waals surface area contributed by atoms with Crippen LogP contribution in [0.3, 0.4) is 0 Å². The molecule has 1 saturated carbocycles. The van der Waals surface area contributed by atoms with Crippen molar-refractivity contribution in [3.8, 4) is 11.3 Å². The number of non-ortho nitro benzene ring substituents is 1. The van der Waals surface area contributed by atoms with Gasteiger partial charge in [0.15, 0.2) is 5.17 Å². The van der Waals surface area contributed by atoms with Crippen LogP contribution in [0.2, 0.25) is 0 Å². The highest BCUT2D eigenvalue weighted by Crippen LogP contribution is 2.39. The number of benzene rings is 1. The number of furan rings is 1. The molecule has 0 radical (unpaired) electrons. The van der Waals surface area contributed by atoms with E-state index >= 15 is 0 Å². The number of rotatable bonds is 5. The summed E-state index contributed by atoms with van der Waals surface area (Å²) >= 11 is 2.76. The van der Waals surface area contributed by atoms with Gasteiger partial charge in [0.2, 0.25) is 5.13 Å². The Morgan fingerprint density at radius 2 is 2.06 bits per heavy atom. The van der Waals surface area contributed by atoms with Gasteiger partial charge in [-0.15, -0.1) is 11.3 Å². The Hall–Kier alpha value is -3.24. The third kappa shape index (κ3) is 4.62. The predicted octanol–water partition coefficient (Wildman–Crippen LogP) is 6.25. The van der Waals surface area contributed by atoms with Gasteiger partial charge in [0, 0.05) is 41.4 Å². The van der Waals surface area contributed by atoms with Gasteiger partial charge in [-0.1, -0.05) is 31.4 Å². The van der Waals surface area contributed by atoms with Crippen molar-refractivity contribution in [2.24, 2.45) is 4.99 Å². The number of thiazole rings is 1. The van der Waals surface area contributed by atoms with E-state index in [1.807, 2.05) is 10.3 Å². The number of nitrogens with zero attached hydrogens (tertiary/aromatic N) is 4. The lowest BCUT2D eigenvalue weighted by molar-refractivity contribution is -0.384. The lowest BCUT2D eigenvalue weighted by Gasteiger charge is -2.30. The number of aliphatic imine (C=N–C) groups is 1. The molecule has 3 heterocycles. The Kier molecular flexibility index (Phi) is 6.10. The van der Waals surface area contributed by atoms with E-state index in [0.717, 1.165) is 25.7 Å². The molecule has 1 saturated heterocycles. The molecule has 10 heteroatoms. The van der Waals surface area contributed by atoms with Crippen molar-refractivity contribution in [1.29, 1.82) is 0 Å². The number of nitro groups is 1. The quantitative estimate of drug-likeness (QED) is 0.243. The zero-order valence-electron chi connectivity index (χ0n) is 17.5. The number of amides is 1. The van der Waals surface area contributed by atoms with E-state index in [2.05, 4.69) is 9.98 Å². The zero-order chi connectivity index (χ0) is 22.8. The van der Waals surface area contributed by atoms with Crippen LogP contribution < -0.4 is 0 Å². The molecular weight excluding hydrogens is 460 g/mol. The van der Waals surface area contributed by atoms with Crippen molar-refractivity contribution < 1.29 is 14.1 Å². The van der Waals surface area contributed by atoms with Crippen molar-refractivity contribution in [2.75, 3.05) is 0 Å². The SMILES string of the molecule is O=C1/C(=C\c2ccc(-c3cccc([N+](=O)[O-])c3)o2)S/C(=N/c2nccs2)N1C1CCCCC1. The summed E-state index contributed by atoms with van der Waals surface area (Å²) in [5.74, 6) is 0.934. The number of carbonyl (C=O) groups excluding carboxylic acids is 1. The van der Waals surface area contributed by atoms with Gasteiger partial charge < -0.3 is 4.42 Å². The van der Waals surface area contributed by atoms with Crippen LogP contribution in [-0.4, -0.2) is 31.9 Å². The molecule has 0 N–H and O–H groups in total. The van der Waals surface area contributed by atoms with Crippen molar-refractivity contribution in [3.63, 3.8) is 0 Å². The normalized spacial score (nSPS) is 19.6. The van der Waals surface area contributed by atoms with E-state index < -0.39 is 4.92 Å². The van der Waals surface area contributed by atoms with Gasteiger partial charge in [-0.25, -0.2) is 4.98 Å². The molecule has 0 unspecified atom stereocenters. The zero-order valence-corrected chi connectivity index (χ0v) is 19.2. The number of hydrogen-bond acceptors (Lipinski definition) is 8. The molecule has 0 atom stereocenters. The maximum Gasteiger partial charge on any atom is 0.270 e. The first-order valence-corrected chi connectivity index (χ1v) is 12.3. The minimum atomic E-state index is -0.438. The summed E-state index contributed by atoms with van der Waals surface area (Å²) in [6.07, 6.45) is 8.75. The second-order valence-corrected chi connectivity index (χ2v) is 9.68. The summed E-state index contributed by atoms with van der Waals surface area (Å²) in [4.78, 5) is 35.3. The van der Waals surface area contributed by atoms with Gasteiger partial charge in [-0.2, -0.15) is 4.99 Å². The van der Waals surface area contributed by atoms with Gasteiger partial charge in [-0.3, -0.25) is 19.8 Å². The van der Waals surface area contributed by atoms with E-state index in [9.17, 15) is 14.9 Å². The first kappa shape index (κ1) is 21.6. The molecule has 2 aliphatic rings. The summed E-state index contributed by atoms with van der Waals surface area (Å²) in [6.45, 7) is 0. The highest BCUT2D eigenvalue weighted by Gasteiger charge is 2.39. The van der Waals surface area contributed by atoms with Crippen molar-refractivity contribution >= 4 is 51.1 Å². The Morgan fingerprint density at radius 3 is 2.82 bits per heavy atom. The molecule has 0 bridgehead atoms. The number of aromatic nitrogens is 1. The van der Waals surface area contributed by atoms with Crippen molar-refractivity contribution in [3.05, 3.63) is 68.8 Å². The highest BCUT2D eigenvalue weighted by atomic mass is 32.2. The molecule has 1 aliphatic carbocycles. The molecule has 1 aliphatic heterocycles. The van der Waals surface area contributed by atoms with Crippen LogP contribution >= 0.6 is 23.1 Å². The molecule has 33 heavy (non-hydrogen) atoms. The smallest absolute Gasteiger partial charge is 0.270 e. The topological polar surface area (TPSA) is 102 Å². The number of carbonyl (C=O) groups is 1. The minimum absolute atomic E-state index is 0.00325. The first-order valence-electron chi connectivity index (χ1n) is 10.6. The van der Waals surface area contributed by atoms with Crippen LogP contribution in [0.15, 0.2) is 62.3 Å². The number of nitro benzene ring substituents is 1. The molecule has 1 amide bonds. The van der Waals surface area contributed by atoms with Crippen LogP contribution in [0.25, 0.3) is 17.4 Å². The monoisotopic (exact) mass is 480 g/mol. The second-order valence-electron chi connectivity index (χ2n) is 7.80. The molecule has 0 spiro atoms. The third-order valence-corrected chi connectivity index (χ3v) is 7.28. The van der Waals surface area contributed by atoms with E-state index in [-0.39, 0.29) is 17.6 Å². The lowest BCUT2D eigenvalue weighted by Crippen LogP contribution is -2.40. The first-order chi connectivity index (χ1) is 16.1. The Balaban J connectivity index is 1.44. The largest absolute Gasteiger partial charge is 0.457 e. The Labute approximate surface area is 198 Å². The molecule has 8 nitrogen and oxygen atoms in total. The predicted molar refractivity (Wildman–Crippen MR) is 129 cm³/mol. The van der Waals surface area contributed by atoms with Gasteiger partial charge in [0.1, 0.15) is 11.5 Å². The standard InChI is InChI=1S/C23H20N4O4S2/c28-21-20(14-18-9-10-19(31-18)15-5-4-8-17(13-15)27(29)30)33-23(25-22-24-11-12-32-22)26(21)16-6-2-1-3-7-16/h4-5,8-14,16H,1-3,6-7H2/b20-14+,25-23+. The summed E-state index contributed by atoms with van der Waals surface area (Å²) < 4.78 is 5.90. The summed E-state index contributed by atoms with van der Waals surface area (Å²) in [5, 5.41) is 14.2. The molecule has 2 aromatic heterocycles. The van der Waals surface area contributed by atoms with E-state index in [1.165, 1.54) is 41.7 Å². The van der Waals surface area contributed by atoms with E-state index in [0.29, 0.717) is 32.3 Å². The molecule has 3 aromatic rings. The molecule has 1 aromatic carbocycles. The van der Waals surface area contributed by atoms with Crippen LogP contribution in [0.1, 0.15) is 37.9 Å². The molecule has 2 fully saturated rings. The summed E-state index contributed by atoms with van der Waals surface area (Å²) in [5.41, 5.74) is 0.602. The average molecular weight is 481 g/mol. The number of amidine groups is 1. The maximum atomic E-state index is 13.4. The van der Waals surface area contributed by atoms with Crippen LogP contribution in [0.4, 0.5) is 10.8 Å². The summed E-state index contributed by atoms with van der Waals surface area (Å²) in [7, 11) is 0. The van der Waals surface area contributed by atoms with Gasteiger partial charge in [0.25, 0.3) is 11.6 Å². The minimum Gasteiger partial charge on any atom is -0.457 e. The lowest BCUT2D eigenvalue weighted by atomic mass is 9.94. The van der Waals surface area contributed by atoms with Gasteiger partial charge in [0.05, 0.1) is 9.83 Å². The molecular formula is C23H20N4O4S2. The molecule has 168 valence electrons. The maximum absolute atomic E-state index is 13.4. The fourth-order valence-electron chi connectivity index (χ4n) is 4.07. The van der Waals surface area contributed by atoms with E-state index in [4.69, 9.17) is 4.42 Å². The highest BCUT2D eigenvalue weighted by molar-refractivity contribution is 8.18. The van der Waals surface area contributed by atoms with Crippen LogP contribution in [-0.2, 0) is 4.79 Å². The fraction of sp³-hybridized carbons (Fsp3) is 0.261. The van der Waals surface area contributed by atoms with Crippen LogP contribution in [0.5, 0.6) is 0 Å². The van der Waals surface area contributed by atoms with Gasteiger partial charge in [-0.05, 0) is 36.7 Å². The van der Waals surface area contributed by atoms with Gasteiger partial charge >= 0.3 is 0 Å². The Bertz CT molecular complexity index is 1240. The second kappa shape index (κ2) is 9.32. The van der Waals surface area contributed by atoms with E-state index in [1.54, 1.807) is 36.5 Å².